The fraction of sp³-hybridized carbons (Fsp3) is 0.238. The summed E-state index contributed by atoms with van der Waals surface area (Å²) in [7, 11) is 3.13. The van der Waals surface area contributed by atoms with Crippen LogP contribution in [0.5, 0.6) is 11.5 Å². The van der Waals surface area contributed by atoms with Crippen LogP contribution in [0, 0.1) is 5.82 Å². The van der Waals surface area contributed by atoms with Gasteiger partial charge in [0.1, 0.15) is 11.5 Å². The average Bonchev–Trinajstić information content (AvgIpc) is 3.50. The van der Waals surface area contributed by atoms with Crippen LogP contribution in [0.1, 0.15) is 24.5 Å². The lowest BCUT2D eigenvalue weighted by molar-refractivity contribution is 0.262. The number of nitrogens with one attached hydrogen (secondary N) is 3. The van der Waals surface area contributed by atoms with Crippen LogP contribution in [0.2, 0.25) is 0 Å². The van der Waals surface area contributed by atoms with E-state index in [1.54, 1.807) is 38.5 Å². The standard InChI is InChI=1S/C21H21FN4O3/c1-28-16-10-9-13(11-17(16)29-2)19-20(18(25-26-19)12-7-8-12)24-21(27)23-15-6-4-3-5-14(15)22/h3-6,9-12H,7-8H2,1-2H3,(H,25,26)(H2,23,24,27). The molecular formula is C21H21FN4O3. The van der Waals surface area contributed by atoms with Gasteiger partial charge in [0, 0.05) is 11.5 Å². The minimum atomic E-state index is -0.542. The molecule has 3 N–H and O–H groups in total. The first-order chi connectivity index (χ1) is 14.1. The van der Waals surface area contributed by atoms with Gasteiger partial charge >= 0.3 is 6.03 Å². The molecule has 4 rings (SSSR count). The van der Waals surface area contributed by atoms with Crippen molar-refractivity contribution in [2.24, 2.45) is 0 Å². The van der Waals surface area contributed by atoms with Gasteiger partial charge in [-0.3, -0.25) is 5.10 Å². The van der Waals surface area contributed by atoms with E-state index in [0.29, 0.717) is 28.8 Å². The SMILES string of the molecule is COc1ccc(-c2n[nH]c(C3CC3)c2NC(=O)Nc2ccccc2F)cc1OC. The number of carbonyl (C=O) groups is 1. The number of hydrogen-bond donors (Lipinski definition) is 3. The second-order valence-corrected chi connectivity index (χ2v) is 6.76. The molecule has 1 fully saturated rings. The number of carbonyl (C=O) groups excluding carboxylic acids is 1. The number of amides is 2. The highest BCUT2D eigenvalue weighted by atomic mass is 19.1. The van der Waals surface area contributed by atoms with Gasteiger partial charge < -0.3 is 20.1 Å². The summed E-state index contributed by atoms with van der Waals surface area (Å²) in [6.07, 6.45) is 2.05. The molecule has 0 spiro atoms. The van der Waals surface area contributed by atoms with Crippen molar-refractivity contribution >= 4 is 17.4 Å². The summed E-state index contributed by atoms with van der Waals surface area (Å²) in [5.74, 6) is 0.973. The Hall–Kier alpha value is -3.55. The van der Waals surface area contributed by atoms with Crippen LogP contribution in [0.3, 0.4) is 0 Å². The van der Waals surface area contributed by atoms with E-state index in [1.807, 2.05) is 6.07 Å². The van der Waals surface area contributed by atoms with Crippen LogP contribution in [0.15, 0.2) is 42.5 Å². The third-order valence-electron chi connectivity index (χ3n) is 4.80. The number of aromatic nitrogens is 2. The maximum absolute atomic E-state index is 13.9. The van der Waals surface area contributed by atoms with E-state index < -0.39 is 11.8 Å². The van der Waals surface area contributed by atoms with Crippen molar-refractivity contribution in [3.8, 4) is 22.8 Å². The second kappa shape index (κ2) is 7.83. The van der Waals surface area contributed by atoms with E-state index in [4.69, 9.17) is 9.47 Å². The topological polar surface area (TPSA) is 88.3 Å². The van der Waals surface area contributed by atoms with Gasteiger partial charge in [-0.1, -0.05) is 12.1 Å². The van der Waals surface area contributed by atoms with Gasteiger partial charge in [0.05, 0.1) is 31.3 Å². The number of benzene rings is 2. The van der Waals surface area contributed by atoms with Crippen molar-refractivity contribution < 1.29 is 18.7 Å². The van der Waals surface area contributed by atoms with Crippen molar-refractivity contribution in [1.82, 2.24) is 10.2 Å². The van der Waals surface area contributed by atoms with Crippen molar-refractivity contribution in [2.75, 3.05) is 24.9 Å². The fourth-order valence-electron chi connectivity index (χ4n) is 3.17. The van der Waals surface area contributed by atoms with Crippen LogP contribution >= 0.6 is 0 Å². The minimum Gasteiger partial charge on any atom is -0.493 e. The minimum absolute atomic E-state index is 0.106. The van der Waals surface area contributed by atoms with Gasteiger partial charge in [-0.2, -0.15) is 5.10 Å². The van der Waals surface area contributed by atoms with Crippen molar-refractivity contribution in [1.29, 1.82) is 0 Å². The normalized spacial score (nSPS) is 13.1. The number of para-hydroxylation sites is 1. The van der Waals surface area contributed by atoms with Crippen LogP contribution in [0.4, 0.5) is 20.6 Å². The molecule has 0 atom stereocenters. The summed E-state index contributed by atoms with van der Waals surface area (Å²) >= 11 is 0. The molecule has 1 aliphatic rings. The predicted octanol–water partition coefficient (Wildman–Crippen LogP) is 4.75. The monoisotopic (exact) mass is 396 g/mol. The van der Waals surface area contributed by atoms with Gasteiger partial charge in [-0.25, -0.2) is 9.18 Å². The smallest absolute Gasteiger partial charge is 0.323 e. The highest BCUT2D eigenvalue weighted by molar-refractivity contribution is 6.02. The van der Waals surface area contributed by atoms with Crippen LogP contribution in [0.25, 0.3) is 11.3 Å². The molecule has 1 aliphatic carbocycles. The summed E-state index contributed by atoms with van der Waals surface area (Å²) in [6, 6.07) is 10.9. The van der Waals surface area contributed by atoms with E-state index in [0.717, 1.165) is 24.1 Å². The maximum atomic E-state index is 13.9. The van der Waals surface area contributed by atoms with E-state index in [-0.39, 0.29) is 5.69 Å². The van der Waals surface area contributed by atoms with Crippen molar-refractivity contribution in [2.45, 2.75) is 18.8 Å². The number of methoxy groups -OCH3 is 2. The van der Waals surface area contributed by atoms with Gasteiger partial charge in [0.25, 0.3) is 0 Å². The largest absolute Gasteiger partial charge is 0.493 e. The van der Waals surface area contributed by atoms with Crippen molar-refractivity contribution in [3.05, 3.63) is 54.0 Å². The number of ether oxygens (including phenoxy) is 2. The Balaban J connectivity index is 1.65. The Labute approximate surface area is 167 Å². The zero-order valence-electron chi connectivity index (χ0n) is 16.1. The molecule has 150 valence electrons. The first-order valence-electron chi connectivity index (χ1n) is 9.24. The van der Waals surface area contributed by atoms with Gasteiger partial charge in [-0.05, 0) is 43.2 Å². The predicted molar refractivity (Wildman–Crippen MR) is 108 cm³/mol. The molecule has 7 nitrogen and oxygen atoms in total. The molecule has 2 amide bonds. The summed E-state index contributed by atoms with van der Waals surface area (Å²) in [6.45, 7) is 0. The van der Waals surface area contributed by atoms with E-state index in [9.17, 15) is 9.18 Å². The summed E-state index contributed by atoms with van der Waals surface area (Å²) < 4.78 is 24.5. The highest BCUT2D eigenvalue weighted by Crippen LogP contribution is 2.45. The molecular weight excluding hydrogens is 375 g/mol. The van der Waals surface area contributed by atoms with Gasteiger partial charge in [-0.15, -0.1) is 0 Å². The highest BCUT2D eigenvalue weighted by Gasteiger charge is 2.31. The van der Waals surface area contributed by atoms with E-state index in [1.165, 1.54) is 12.1 Å². The number of hydrogen-bond acceptors (Lipinski definition) is 4. The number of anilines is 2. The van der Waals surface area contributed by atoms with E-state index in [2.05, 4.69) is 20.8 Å². The van der Waals surface area contributed by atoms with E-state index >= 15 is 0 Å². The molecule has 0 bridgehead atoms. The van der Waals surface area contributed by atoms with Crippen LogP contribution in [-0.2, 0) is 0 Å². The summed E-state index contributed by atoms with van der Waals surface area (Å²) in [4.78, 5) is 12.6. The number of halogens is 1. The zero-order chi connectivity index (χ0) is 20.4. The van der Waals surface area contributed by atoms with Crippen LogP contribution < -0.4 is 20.1 Å². The molecule has 8 heteroatoms. The molecule has 0 aliphatic heterocycles. The molecule has 1 heterocycles. The molecule has 1 aromatic heterocycles. The Kier molecular flexibility index (Phi) is 5.07. The maximum Gasteiger partial charge on any atom is 0.323 e. The Morgan fingerprint density at radius 1 is 1.10 bits per heavy atom. The van der Waals surface area contributed by atoms with Crippen molar-refractivity contribution in [3.63, 3.8) is 0 Å². The molecule has 2 aromatic carbocycles. The molecule has 1 saturated carbocycles. The molecule has 0 saturated heterocycles. The van der Waals surface area contributed by atoms with Gasteiger partial charge in [0.2, 0.25) is 0 Å². The quantitative estimate of drug-likeness (QED) is 0.561. The Morgan fingerprint density at radius 2 is 1.86 bits per heavy atom. The fourth-order valence-corrected chi connectivity index (χ4v) is 3.17. The molecule has 0 unspecified atom stereocenters. The summed E-state index contributed by atoms with van der Waals surface area (Å²) in [5.41, 5.74) is 2.88. The van der Waals surface area contributed by atoms with Gasteiger partial charge in [0.15, 0.2) is 11.5 Å². The first-order valence-corrected chi connectivity index (χ1v) is 9.24. The average molecular weight is 396 g/mol. The lowest BCUT2D eigenvalue weighted by atomic mass is 10.1. The number of urea groups is 1. The summed E-state index contributed by atoms with van der Waals surface area (Å²) in [5, 5.41) is 12.8. The molecule has 29 heavy (non-hydrogen) atoms. The number of H-pyrrole nitrogens is 1. The number of nitrogens with zero attached hydrogens (tertiary/aromatic N) is 1. The number of rotatable bonds is 6. The van der Waals surface area contributed by atoms with Crippen LogP contribution in [-0.4, -0.2) is 30.4 Å². The number of aromatic amines is 1. The Morgan fingerprint density at radius 3 is 2.55 bits per heavy atom. The lowest BCUT2D eigenvalue weighted by Crippen LogP contribution is -2.21. The molecule has 3 aromatic rings. The Bertz CT molecular complexity index is 1050. The lowest BCUT2D eigenvalue weighted by Gasteiger charge is -2.12. The third kappa shape index (κ3) is 3.87. The molecule has 0 radical (unpaired) electrons. The first kappa shape index (κ1) is 18.8. The second-order valence-electron chi connectivity index (χ2n) is 6.76. The third-order valence-corrected chi connectivity index (χ3v) is 4.80. The zero-order valence-corrected chi connectivity index (χ0v) is 16.1.